The van der Waals surface area contributed by atoms with E-state index in [0.29, 0.717) is 24.0 Å². The lowest BCUT2D eigenvalue weighted by Crippen LogP contribution is -2.09. The number of aromatic nitrogens is 2. The van der Waals surface area contributed by atoms with Crippen LogP contribution in [-0.2, 0) is 17.9 Å². The molecule has 3 aromatic carbocycles. The van der Waals surface area contributed by atoms with Gasteiger partial charge >= 0.3 is 0 Å². The van der Waals surface area contributed by atoms with E-state index in [0.717, 1.165) is 33.9 Å². The number of carbonyl (C=O) groups excluding carboxylic acids is 1. The number of hydrogen-bond acceptors (Lipinski definition) is 4. The Kier molecular flexibility index (Phi) is 7.85. The molecule has 0 fully saturated rings. The van der Waals surface area contributed by atoms with Crippen molar-refractivity contribution in [1.82, 2.24) is 9.78 Å². The summed E-state index contributed by atoms with van der Waals surface area (Å²) in [7, 11) is 1.62. The molecule has 4 aromatic rings. The number of nitrogens with one attached hydrogen (secondary N) is 1. The molecule has 0 radical (unpaired) electrons. The van der Waals surface area contributed by atoms with Crippen LogP contribution < -0.4 is 14.8 Å². The summed E-state index contributed by atoms with van der Waals surface area (Å²) >= 11 is 6.07. The summed E-state index contributed by atoms with van der Waals surface area (Å²) < 4.78 is 13.1. The van der Waals surface area contributed by atoms with Crippen molar-refractivity contribution in [2.75, 3.05) is 12.4 Å². The number of benzene rings is 3. The SMILES string of the molecule is COc1ccc(/C=C/C(=O)Nc2cc(C)n(Cc3cccc(Cl)c3)n2)cc1COc1ccccc1. The highest BCUT2D eigenvalue weighted by Gasteiger charge is 2.08. The van der Waals surface area contributed by atoms with Crippen molar-refractivity contribution in [3.63, 3.8) is 0 Å². The van der Waals surface area contributed by atoms with Crippen molar-refractivity contribution >= 4 is 29.4 Å². The van der Waals surface area contributed by atoms with Gasteiger partial charge in [0.05, 0.1) is 13.7 Å². The molecule has 178 valence electrons. The zero-order valence-electron chi connectivity index (χ0n) is 19.6. The van der Waals surface area contributed by atoms with Gasteiger partial charge in [-0.15, -0.1) is 0 Å². The summed E-state index contributed by atoms with van der Waals surface area (Å²) in [6.07, 6.45) is 3.23. The fraction of sp³-hybridized carbons (Fsp3) is 0.143. The minimum Gasteiger partial charge on any atom is -0.496 e. The lowest BCUT2D eigenvalue weighted by Gasteiger charge is -2.11. The van der Waals surface area contributed by atoms with Gasteiger partial charge in [-0.1, -0.05) is 48.0 Å². The molecule has 1 aromatic heterocycles. The third kappa shape index (κ3) is 6.74. The maximum absolute atomic E-state index is 12.5. The van der Waals surface area contributed by atoms with Crippen LogP contribution in [0.1, 0.15) is 22.4 Å². The van der Waals surface area contributed by atoms with E-state index >= 15 is 0 Å². The van der Waals surface area contributed by atoms with Gasteiger partial charge < -0.3 is 14.8 Å². The highest BCUT2D eigenvalue weighted by Crippen LogP contribution is 2.23. The number of para-hydroxylation sites is 1. The standard InChI is InChI=1S/C28H26ClN3O3/c1-20-15-27(31-32(20)18-22-7-6-8-24(29)17-22)30-28(33)14-12-21-11-13-26(34-2)23(16-21)19-35-25-9-4-3-5-10-25/h3-17H,18-19H2,1-2H3,(H,30,31,33)/b14-12+. The second-order valence-electron chi connectivity index (χ2n) is 7.95. The van der Waals surface area contributed by atoms with E-state index in [1.165, 1.54) is 6.08 Å². The van der Waals surface area contributed by atoms with E-state index < -0.39 is 0 Å². The number of halogens is 1. The van der Waals surface area contributed by atoms with Crippen molar-refractivity contribution in [3.05, 3.63) is 112 Å². The first kappa shape index (κ1) is 24.1. The summed E-state index contributed by atoms with van der Waals surface area (Å²) in [6, 6.07) is 24.7. The zero-order chi connectivity index (χ0) is 24.6. The molecule has 0 aliphatic rings. The highest BCUT2D eigenvalue weighted by molar-refractivity contribution is 6.30. The van der Waals surface area contributed by atoms with Crippen molar-refractivity contribution in [3.8, 4) is 11.5 Å². The van der Waals surface area contributed by atoms with Crippen LogP contribution in [-0.4, -0.2) is 22.8 Å². The summed E-state index contributed by atoms with van der Waals surface area (Å²) in [5.74, 6) is 1.73. The Hall–Kier alpha value is -4.03. The number of amides is 1. The van der Waals surface area contributed by atoms with Crippen LogP contribution in [0.4, 0.5) is 5.82 Å². The van der Waals surface area contributed by atoms with Crippen molar-refractivity contribution in [1.29, 1.82) is 0 Å². The van der Waals surface area contributed by atoms with Crippen molar-refractivity contribution in [2.45, 2.75) is 20.1 Å². The molecule has 7 heteroatoms. The normalized spacial score (nSPS) is 10.9. The third-order valence-corrected chi connectivity index (χ3v) is 5.56. The molecule has 0 atom stereocenters. The number of anilines is 1. The number of nitrogens with zero attached hydrogens (tertiary/aromatic N) is 2. The van der Waals surface area contributed by atoms with Crippen LogP contribution in [0, 0.1) is 6.92 Å². The van der Waals surface area contributed by atoms with Crippen LogP contribution >= 0.6 is 11.6 Å². The van der Waals surface area contributed by atoms with E-state index in [2.05, 4.69) is 10.4 Å². The Bertz CT molecular complexity index is 1330. The summed E-state index contributed by atoms with van der Waals surface area (Å²) in [4.78, 5) is 12.5. The van der Waals surface area contributed by atoms with E-state index in [1.54, 1.807) is 13.2 Å². The molecule has 0 unspecified atom stereocenters. The van der Waals surface area contributed by atoms with Gasteiger partial charge in [0.1, 0.15) is 18.1 Å². The number of carbonyl (C=O) groups is 1. The van der Waals surface area contributed by atoms with Gasteiger partial charge in [-0.05, 0) is 60.5 Å². The monoisotopic (exact) mass is 487 g/mol. The fourth-order valence-corrected chi connectivity index (χ4v) is 3.79. The second kappa shape index (κ2) is 11.4. The second-order valence-corrected chi connectivity index (χ2v) is 8.39. The Labute approximate surface area is 209 Å². The van der Waals surface area contributed by atoms with Crippen LogP contribution in [0.2, 0.25) is 5.02 Å². The van der Waals surface area contributed by atoms with Gasteiger partial charge in [0.15, 0.2) is 5.82 Å². The molecule has 6 nitrogen and oxygen atoms in total. The van der Waals surface area contributed by atoms with Gasteiger partial charge in [-0.2, -0.15) is 5.10 Å². The summed E-state index contributed by atoms with van der Waals surface area (Å²) in [5, 5.41) is 8.00. The molecule has 0 bridgehead atoms. The Morgan fingerprint density at radius 2 is 1.89 bits per heavy atom. The van der Waals surface area contributed by atoms with E-state index in [-0.39, 0.29) is 5.91 Å². The molecular formula is C28H26ClN3O3. The maximum atomic E-state index is 12.5. The van der Waals surface area contributed by atoms with E-state index in [1.807, 2.05) is 90.5 Å². The molecule has 35 heavy (non-hydrogen) atoms. The average Bonchev–Trinajstić information content (AvgIpc) is 3.20. The van der Waals surface area contributed by atoms with E-state index in [4.69, 9.17) is 21.1 Å². The smallest absolute Gasteiger partial charge is 0.249 e. The molecule has 0 aliphatic heterocycles. The topological polar surface area (TPSA) is 65.4 Å². The van der Waals surface area contributed by atoms with Gasteiger partial charge in [-0.3, -0.25) is 9.48 Å². The first-order valence-electron chi connectivity index (χ1n) is 11.1. The number of aryl methyl sites for hydroxylation is 1. The Balaban J connectivity index is 1.39. The number of ether oxygens (including phenoxy) is 2. The molecule has 1 amide bonds. The van der Waals surface area contributed by atoms with Crippen molar-refractivity contribution in [2.24, 2.45) is 0 Å². The quantitative estimate of drug-likeness (QED) is 0.288. The molecule has 0 saturated carbocycles. The van der Waals surface area contributed by atoms with Crippen LogP contribution in [0.3, 0.4) is 0 Å². The largest absolute Gasteiger partial charge is 0.496 e. The van der Waals surface area contributed by atoms with Gasteiger partial charge in [0.25, 0.3) is 0 Å². The minimum atomic E-state index is -0.268. The van der Waals surface area contributed by atoms with Crippen LogP contribution in [0.15, 0.2) is 84.9 Å². The number of methoxy groups -OCH3 is 1. The maximum Gasteiger partial charge on any atom is 0.249 e. The van der Waals surface area contributed by atoms with Crippen molar-refractivity contribution < 1.29 is 14.3 Å². The Morgan fingerprint density at radius 3 is 2.66 bits per heavy atom. The third-order valence-electron chi connectivity index (χ3n) is 5.32. The molecule has 1 heterocycles. The number of rotatable bonds is 9. The summed E-state index contributed by atoms with van der Waals surface area (Å²) in [5.41, 5.74) is 3.71. The van der Waals surface area contributed by atoms with Gasteiger partial charge in [0, 0.05) is 28.4 Å². The predicted octanol–water partition coefficient (Wildman–Crippen LogP) is 6.13. The lowest BCUT2D eigenvalue weighted by molar-refractivity contribution is -0.111. The van der Waals surface area contributed by atoms with Gasteiger partial charge in [-0.25, -0.2) is 0 Å². The Morgan fingerprint density at radius 1 is 1.06 bits per heavy atom. The molecule has 0 spiro atoms. The highest BCUT2D eigenvalue weighted by atomic mass is 35.5. The first-order chi connectivity index (χ1) is 17.0. The van der Waals surface area contributed by atoms with Crippen LogP contribution in [0.5, 0.6) is 11.5 Å². The molecule has 0 aliphatic carbocycles. The van der Waals surface area contributed by atoms with Crippen LogP contribution in [0.25, 0.3) is 6.08 Å². The summed E-state index contributed by atoms with van der Waals surface area (Å²) in [6.45, 7) is 2.86. The lowest BCUT2D eigenvalue weighted by atomic mass is 10.1. The molecule has 4 rings (SSSR count). The zero-order valence-corrected chi connectivity index (χ0v) is 20.3. The molecule has 1 N–H and O–H groups in total. The minimum absolute atomic E-state index is 0.268. The average molecular weight is 488 g/mol. The molecule has 0 saturated heterocycles. The predicted molar refractivity (Wildman–Crippen MR) is 139 cm³/mol. The first-order valence-corrected chi connectivity index (χ1v) is 11.5. The van der Waals surface area contributed by atoms with E-state index in [9.17, 15) is 4.79 Å². The molecular weight excluding hydrogens is 462 g/mol. The number of hydrogen-bond donors (Lipinski definition) is 1. The fourth-order valence-electron chi connectivity index (χ4n) is 3.57. The van der Waals surface area contributed by atoms with Gasteiger partial charge in [0.2, 0.25) is 5.91 Å².